The van der Waals surface area contributed by atoms with E-state index in [0.29, 0.717) is 0 Å². The second kappa shape index (κ2) is 11.7. The molecule has 4 heterocycles. The normalized spacial score (nSPS) is 11.3. The predicted molar refractivity (Wildman–Crippen MR) is 187 cm³/mol. The Labute approximate surface area is 284 Å². The van der Waals surface area contributed by atoms with Gasteiger partial charge in [-0.15, -0.1) is 29.1 Å². The minimum absolute atomic E-state index is 0. The van der Waals surface area contributed by atoms with Crippen molar-refractivity contribution in [2.75, 3.05) is 4.90 Å². The molecule has 0 saturated carbocycles. The summed E-state index contributed by atoms with van der Waals surface area (Å²) in [5, 5.41) is 4.82. The van der Waals surface area contributed by atoms with Crippen molar-refractivity contribution in [3.63, 3.8) is 0 Å². The van der Waals surface area contributed by atoms with Gasteiger partial charge in [0.25, 0.3) is 0 Å². The van der Waals surface area contributed by atoms with E-state index in [-0.39, 0.29) is 21.1 Å². The molecule has 0 unspecified atom stereocenters. The zero-order valence-electron chi connectivity index (χ0n) is 24.4. The first-order valence-electron chi connectivity index (χ1n) is 14.9. The molecular formula is C40H24N4PtS. The van der Waals surface area contributed by atoms with E-state index in [2.05, 4.69) is 119 Å². The summed E-state index contributed by atoms with van der Waals surface area (Å²) in [5.41, 5.74) is 4.95. The van der Waals surface area contributed by atoms with Crippen LogP contribution in [0.15, 0.2) is 146 Å². The number of thiophene rings is 1. The minimum atomic E-state index is 0. The number of aromatic nitrogens is 3. The van der Waals surface area contributed by atoms with Gasteiger partial charge in [0, 0.05) is 15.9 Å². The molecule has 0 saturated heterocycles. The molecule has 0 spiro atoms. The number of anilines is 3. The second-order valence-electron chi connectivity index (χ2n) is 10.9. The van der Waals surface area contributed by atoms with E-state index in [1.807, 2.05) is 48.5 Å². The van der Waals surface area contributed by atoms with Gasteiger partial charge in [0.15, 0.2) is 0 Å². The van der Waals surface area contributed by atoms with Crippen LogP contribution in [-0.4, -0.2) is 14.5 Å². The summed E-state index contributed by atoms with van der Waals surface area (Å²) in [4.78, 5) is 12.7. The van der Waals surface area contributed by atoms with Gasteiger partial charge in [0.05, 0.1) is 0 Å². The predicted octanol–water partition coefficient (Wildman–Crippen LogP) is 10.7. The number of para-hydroxylation sites is 3. The van der Waals surface area contributed by atoms with E-state index in [1.165, 1.54) is 25.6 Å². The fraction of sp³-hybridized carbons (Fsp3) is 0. The maximum atomic E-state index is 5.27. The SMILES string of the molecule is [Pt+2].[c-]1ccc2c(sc3ccccc32)c1-c1cccc(N(c2ccccc2)c2cccc(-n3c4[c-]cccc4c4ccccc43)n2)n1. The minimum Gasteiger partial charge on any atom is -0.319 e. The largest absolute Gasteiger partial charge is 2.00 e. The fourth-order valence-electron chi connectivity index (χ4n) is 6.27. The van der Waals surface area contributed by atoms with E-state index < -0.39 is 0 Å². The van der Waals surface area contributed by atoms with Gasteiger partial charge < -0.3 is 4.57 Å². The van der Waals surface area contributed by atoms with E-state index in [0.717, 1.165) is 50.8 Å². The van der Waals surface area contributed by atoms with Gasteiger partial charge in [-0.1, -0.05) is 83.7 Å². The van der Waals surface area contributed by atoms with Crippen LogP contribution in [0.1, 0.15) is 0 Å². The Morgan fingerprint density at radius 1 is 0.565 bits per heavy atom. The van der Waals surface area contributed by atoms with Crippen molar-refractivity contribution in [2.24, 2.45) is 0 Å². The average molecular weight is 788 g/mol. The Hall–Kier alpha value is -5.09. The first-order chi connectivity index (χ1) is 22.3. The third-order valence-electron chi connectivity index (χ3n) is 8.24. The monoisotopic (exact) mass is 787 g/mol. The van der Waals surface area contributed by atoms with Crippen LogP contribution in [0.3, 0.4) is 0 Å². The van der Waals surface area contributed by atoms with Crippen molar-refractivity contribution in [3.05, 3.63) is 158 Å². The molecule has 6 heteroatoms. The van der Waals surface area contributed by atoms with Gasteiger partial charge in [0.2, 0.25) is 0 Å². The van der Waals surface area contributed by atoms with Crippen LogP contribution in [0, 0.1) is 12.1 Å². The molecule has 4 aromatic heterocycles. The summed E-state index contributed by atoms with van der Waals surface area (Å²) >= 11 is 1.79. The third-order valence-corrected chi connectivity index (χ3v) is 9.45. The molecule has 5 aromatic carbocycles. The zero-order valence-corrected chi connectivity index (χ0v) is 27.5. The van der Waals surface area contributed by atoms with Crippen molar-refractivity contribution in [1.82, 2.24) is 14.5 Å². The van der Waals surface area contributed by atoms with Crippen LogP contribution in [0.25, 0.3) is 59.1 Å². The van der Waals surface area contributed by atoms with Crippen LogP contribution in [0.4, 0.5) is 17.3 Å². The number of nitrogens with zero attached hydrogens (tertiary/aromatic N) is 4. The molecule has 0 fully saturated rings. The molecule has 220 valence electrons. The molecule has 9 rings (SSSR count). The molecule has 0 bridgehead atoms. The van der Waals surface area contributed by atoms with Crippen molar-refractivity contribution in [3.8, 4) is 17.1 Å². The molecule has 0 radical (unpaired) electrons. The average Bonchev–Trinajstić information content (AvgIpc) is 3.65. The summed E-state index contributed by atoms with van der Waals surface area (Å²) in [6.07, 6.45) is 0. The van der Waals surface area contributed by atoms with Crippen LogP contribution in [0.2, 0.25) is 0 Å². The molecule has 0 amide bonds. The number of pyridine rings is 2. The van der Waals surface area contributed by atoms with Crippen molar-refractivity contribution in [1.29, 1.82) is 0 Å². The second-order valence-corrected chi connectivity index (χ2v) is 11.9. The van der Waals surface area contributed by atoms with E-state index in [9.17, 15) is 0 Å². The first kappa shape index (κ1) is 28.4. The Morgan fingerprint density at radius 2 is 1.30 bits per heavy atom. The van der Waals surface area contributed by atoms with Gasteiger partial charge in [-0.05, 0) is 63.6 Å². The summed E-state index contributed by atoms with van der Waals surface area (Å²) in [6, 6.07) is 56.9. The van der Waals surface area contributed by atoms with E-state index >= 15 is 0 Å². The van der Waals surface area contributed by atoms with Gasteiger partial charge in [0.1, 0.15) is 17.5 Å². The molecular weight excluding hydrogens is 764 g/mol. The molecule has 4 nitrogen and oxygen atoms in total. The fourth-order valence-corrected chi connectivity index (χ4v) is 7.48. The molecule has 0 atom stereocenters. The number of fused-ring (bicyclic) bond motifs is 6. The van der Waals surface area contributed by atoms with Crippen LogP contribution in [0.5, 0.6) is 0 Å². The Morgan fingerprint density at radius 3 is 2.20 bits per heavy atom. The molecule has 46 heavy (non-hydrogen) atoms. The first-order valence-corrected chi connectivity index (χ1v) is 15.7. The van der Waals surface area contributed by atoms with Crippen molar-refractivity contribution in [2.45, 2.75) is 0 Å². The Kier molecular flexibility index (Phi) is 7.21. The number of rotatable bonds is 5. The smallest absolute Gasteiger partial charge is 0.319 e. The molecule has 0 aliphatic carbocycles. The third kappa shape index (κ3) is 4.63. The quantitative estimate of drug-likeness (QED) is 0.163. The van der Waals surface area contributed by atoms with Crippen molar-refractivity contribution >= 4 is 70.6 Å². The summed E-state index contributed by atoms with van der Waals surface area (Å²) in [6.45, 7) is 0. The van der Waals surface area contributed by atoms with Crippen molar-refractivity contribution < 1.29 is 21.1 Å². The molecule has 9 aromatic rings. The number of hydrogen-bond donors (Lipinski definition) is 0. The van der Waals surface area contributed by atoms with Gasteiger partial charge in [-0.25, -0.2) is 4.98 Å². The summed E-state index contributed by atoms with van der Waals surface area (Å²) in [7, 11) is 0. The number of hydrogen-bond acceptors (Lipinski definition) is 4. The zero-order chi connectivity index (χ0) is 29.7. The standard InChI is InChI=1S/C40H24N4S.Pt/c1-2-13-27(14-3-1)43(37-24-11-20-33(41-37)32-19-10-18-31-30-17-6-9-23-36(30)45-40(31)32)38-25-12-26-39(42-38)44-34-21-7-4-15-28(34)29-16-5-8-22-35(29)44;/h1-18,20-21,23-26H;/q-2;+2. The van der Waals surface area contributed by atoms with Gasteiger partial charge in [-0.2, -0.15) is 35.6 Å². The van der Waals surface area contributed by atoms with E-state index in [1.54, 1.807) is 11.3 Å². The van der Waals surface area contributed by atoms with Crippen LogP contribution < -0.4 is 4.90 Å². The topological polar surface area (TPSA) is 34.0 Å². The molecule has 0 aliphatic rings. The van der Waals surface area contributed by atoms with Gasteiger partial charge in [-0.3, -0.25) is 9.88 Å². The summed E-state index contributed by atoms with van der Waals surface area (Å²) < 4.78 is 4.65. The molecule has 0 aliphatic heterocycles. The maximum Gasteiger partial charge on any atom is 2.00 e. The molecule has 0 N–H and O–H groups in total. The maximum absolute atomic E-state index is 5.27. The van der Waals surface area contributed by atoms with E-state index in [4.69, 9.17) is 9.97 Å². The Balaban J connectivity index is 0.00000312. The Bertz CT molecular complexity index is 2460. The number of benzene rings is 5. The van der Waals surface area contributed by atoms with Crippen LogP contribution in [-0.2, 0) is 21.1 Å². The summed E-state index contributed by atoms with van der Waals surface area (Å²) in [5.74, 6) is 2.37. The van der Waals surface area contributed by atoms with Gasteiger partial charge >= 0.3 is 21.1 Å². The van der Waals surface area contributed by atoms with Crippen LogP contribution >= 0.6 is 11.3 Å².